The fourth-order valence-corrected chi connectivity index (χ4v) is 2.61. The summed E-state index contributed by atoms with van der Waals surface area (Å²) in [5, 5.41) is 14.1. The molecule has 2 aromatic carbocycles. The summed E-state index contributed by atoms with van der Waals surface area (Å²) in [6.07, 6.45) is 0. The van der Waals surface area contributed by atoms with E-state index in [0.29, 0.717) is 22.5 Å². The van der Waals surface area contributed by atoms with Crippen LogP contribution >= 0.6 is 0 Å². The molecule has 1 heterocycles. The molecule has 0 aliphatic heterocycles. The molecule has 0 atom stereocenters. The van der Waals surface area contributed by atoms with E-state index >= 15 is 0 Å². The molecule has 0 saturated heterocycles. The molecule has 0 radical (unpaired) electrons. The summed E-state index contributed by atoms with van der Waals surface area (Å²) in [4.78, 5) is 28.4. The minimum Gasteiger partial charge on any atom is -0.355 e. The van der Waals surface area contributed by atoms with Gasteiger partial charge >= 0.3 is 0 Å². The van der Waals surface area contributed by atoms with Crippen molar-refractivity contribution in [2.45, 2.75) is 0 Å². The van der Waals surface area contributed by atoms with Gasteiger partial charge in [0.15, 0.2) is 0 Å². The highest BCUT2D eigenvalue weighted by Crippen LogP contribution is 2.22. The van der Waals surface area contributed by atoms with Crippen LogP contribution in [-0.4, -0.2) is 23.8 Å². The van der Waals surface area contributed by atoms with E-state index in [4.69, 9.17) is 5.26 Å². The molecule has 6 nitrogen and oxygen atoms in total. The van der Waals surface area contributed by atoms with Crippen LogP contribution in [0.2, 0.25) is 0 Å². The smallest absolute Gasteiger partial charge is 0.255 e. The number of halogens is 1. The highest BCUT2D eigenvalue weighted by atomic mass is 19.1. The predicted molar refractivity (Wildman–Crippen MR) is 102 cm³/mol. The van der Waals surface area contributed by atoms with E-state index in [1.807, 2.05) is 6.07 Å². The first-order valence-electron chi connectivity index (χ1n) is 8.32. The summed E-state index contributed by atoms with van der Waals surface area (Å²) in [5.74, 6) is -1.43. The number of carbonyl (C=O) groups is 2. The second-order valence-corrected chi connectivity index (χ2v) is 5.86. The van der Waals surface area contributed by atoms with Crippen molar-refractivity contribution in [2.24, 2.45) is 0 Å². The van der Waals surface area contributed by atoms with Crippen LogP contribution in [0.4, 0.5) is 10.1 Å². The Morgan fingerprint density at radius 1 is 1.00 bits per heavy atom. The van der Waals surface area contributed by atoms with Gasteiger partial charge in [0.25, 0.3) is 11.8 Å². The first-order valence-corrected chi connectivity index (χ1v) is 8.32. The van der Waals surface area contributed by atoms with E-state index in [1.54, 1.807) is 30.3 Å². The van der Waals surface area contributed by atoms with Gasteiger partial charge in [-0.1, -0.05) is 12.1 Å². The Hall–Kier alpha value is -4.05. The molecule has 0 fully saturated rings. The second-order valence-electron chi connectivity index (χ2n) is 5.86. The van der Waals surface area contributed by atoms with Gasteiger partial charge in [-0.05, 0) is 48.5 Å². The number of nitriles is 1. The molecule has 2 N–H and O–H groups in total. The average molecular weight is 374 g/mol. The van der Waals surface area contributed by atoms with Crippen LogP contribution in [0.15, 0.2) is 60.7 Å². The normalized spacial score (nSPS) is 10.0. The quantitative estimate of drug-likeness (QED) is 0.732. The van der Waals surface area contributed by atoms with E-state index in [2.05, 4.69) is 15.6 Å². The number of anilines is 1. The third kappa shape index (κ3) is 4.19. The van der Waals surface area contributed by atoms with Gasteiger partial charge in [-0.15, -0.1) is 0 Å². The molecular formula is C21H15FN4O2. The van der Waals surface area contributed by atoms with Crippen molar-refractivity contribution >= 4 is 17.5 Å². The summed E-state index contributed by atoms with van der Waals surface area (Å²) in [6.45, 7) is 0. The Labute approximate surface area is 160 Å². The minimum atomic E-state index is -0.606. The summed E-state index contributed by atoms with van der Waals surface area (Å²) in [7, 11) is 1.51. The summed E-state index contributed by atoms with van der Waals surface area (Å²) < 4.78 is 14.1. The van der Waals surface area contributed by atoms with Crippen molar-refractivity contribution in [1.29, 1.82) is 5.26 Å². The van der Waals surface area contributed by atoms with Crippen molar-refractivity contribution in [2.75, 3.05) is 12.4 Å². The van der Waals surface area contributed by atoms with Crippen LogP contribution in [0.25, 0.3) is 11.3 Å². The molecule has 0 bridgehead atoms. The molecule has 3 aromatic rings. The van der Waals surface area contributed by atoms with Crippen LogP contribution in [-0.2, 0) is 0 Å². The van der Waals surface area contributed by atoms with E-state index in [0.717, 1.165) is 6.07 Å². The van der Waals surface area contributed by atoms with Crippen molar-refractivity contribution in [1.82, 2.24) is 10.3 Å². The van der Waals surface area contributed by atoms with E-state index < -0.39 is 11.7 Å². The Kier molecular flexibility index (Phi) is 5.42. The number of nitrogens with one attached hydrogen (secondary N) is 2. The topological polar surface area (TPSA) is 94.9 Å². The van der Waals surface area contributed by atoms with Crippen LogP contribution in [0.3, 0.4) is 0 Å². The molecule has 2 amide bonds. The maximum atomic E-state index is 14.1. The lowest BCUT2D eigenvalue weighted by Gasteiger charge is -2.09. The molecule has 0 spiro atoms. The molecule has 1 aromatic heterocycles. The maximum Gasteiger partial charge on any atom is 0.255 e. The van der Waals surface area contributed by atoms with Crippen LogP contribution in [0.1, 0.15) is 26.4 Å². The van der Waals surface area contributed by atoms with Gasteiger partial charge in [0.05, 0.1) is 5.69 Å². The molecule has 0 aliphatic rings. The average Bonchev–Trinajstić information content (AvgIpc) is 2.73. The Morgan fingerprint density at radius 3 is 2.54 bits per heavy atom. The predicted octanol–water partition coefficient (Wildman–Crippen LogP) is 3.37. The van der Waals surface area contributed by atoms with Gasteiger partial charge < -0.3 is 10.6 Å². The van der Waals surface area contributed by atoms with Gasteiger partial charge in [-0.25, -0.2) is 9.37 Å². The monoisotopic (exact) mass is 374 g/mol. The van der Waals surface area contributed by atoms with Crippen LogP contribution in [0, 0.1) is 17.1 Å². The van der Waals surface area contributed by atoms with E-state index in [9.17, 15) is 14.0 Å². The number of pyridine rings is 1. The molecule has 3 rings (SSSR count). The number of hydrogen-bond acceptors (Lipinski definition) is 4. The van der Waals surface area contributed by atoms with Crippen LogP contribution < -0.4 is 10.6 Å². The molecule has 0 aliphatic carbocycles. The molecule has 138 valence electrons. The number of nitrogens with zero attached hydrogens (tertiary/aromatic N) is 2. The SMILES string of the molecule is CNC(=O)c1cccc(NC(=O)c2cc(F)cc(-c3cccc(C#N)n3)c2)c1. The summed E-state index contributed by atoms with van der Waals surface area (Å²) in [5.41, 5.74) is 1.83. The van der Waals surface area contributed by atoms with Gasteiger partial charge in [-0.2, -0.15) is 5.26 Å². The minimum absolute atomic E-state index is 0.0875. The molecule has 0 saturated carbocycles. The van der Waals surface area contributed by atoms with Crippen LogP contribution in [0.5, 0.6) is 0 Å². The number of hydrogen-bond donors (Lipinski definition) is 2. The Balaban J connectivity index is 1.89. The first kappa shape index (κ1) is 18.7. The van der Waals surface area contributed by atoms with Gasteiger partial charge in [-0.3, -0.25) is 9.59 Å². The second kappa shape index (κ2) is 8.10. The number of amides is 2. The van der Waals surface area contributed by atoms with Crippen molar-refractivity contribution in [3.05, 3.63) is 83.3 Å². The van der Waals surface area contributed by atoms with Gasteiger partial charge in [0, 0.05) is 29.4 Å². The van der Waals surface area contributed by atoms with Gasteiger partial charge in [0.2, 0.25) is 0 Å². The third-order valence-electron chi connectivity index (χ3n) is 3.93. The van der Waals surface area contributed by atoms with Crippen molar-refractivity contribution in [3.63, 3.8) is 0 Å². The lowest BCUT2D eigenvalue weighted by molar-refractivity contribution is 0.0961. The highest BCUT2D eigenvalue weighted by Gasteiger charge is 2.12. The highest BCUT2D eigenvalue weighted by molar-refractivity contribution is 6.05. The number of benzene rings is 2. The largest absolute Gasteiger partial charge is 0.355 e. The molecule has 28 heavy (non-hydrogen) atoms. The van der Waals surface area contributed by atoms with Crippen molar-refractivity contribution in [3.8, 4) is 17.3 Å². The maximum absolute atomic E-state index is 14.1. The summed E-state index contributed by atoms with van der Waals surface area (Å²) in [6, 6.07) is 17.0. The molecule has 0 unspecified atom stereocenters. The Bertz CT molecular complexity index is 1110. The van der Waals surface area contributed by atoms with Crippen molar-refractivity contribution < 1.29 is 14.0 Å². The Morgan fingerprint density at radius 2 is 1.79 bits per heavy atom. The number of rotatable bonds is 4. The zero-order chi connectivity index (χ0) is 20.1. The van der Waals surface area contributed by atoms with Gasteiger partial charge in [0.1, 0.15) is 17.6 Å². The number of carbonyl (C=O) groups excluding carboxylic acids is 2. The van der Waals surface area contributed by atoms with E-state index in [-0.39, 0.29) is 17.2 Å². The third-order valence-corrected chi connectivity index (χ3v) is 3.93. The zero-order valence-corrected chi connectivity index (χ0v) is 14.9. The first-order chi connectivity index (χ1) is 13.5. The lowest BCUT2D eigenvalue weighted by atomic mass is 10.1. The fourth-order valence-electron chi connectivity index (χ4n) is 2.61. The standard InChI is InChI=1S/C21H15FN4O2/c1-24-20(27)13-4-2-5-17(11-13)26-21(28)15-8-14(9-16(22)10-15)19-7-3-6-18(12-23)25-19/h2-11H,1H3,(H,24,27)(H,26,28). The fraction of sp³-hybridized carbons (Fsp3) is 0.0476. The number of aromatic nitrogens is 1. The molecule has 7 heteroatoms. The van der Waals surface area contributed by atoms with E-state index in [1.165, 1.54) is 31.3 Å². The summed E-state index contributed by atoms with van der Waals surface area (Å²) >= 11 is 0. The zero-order valence-electron chi connectivity index (χ0n) is 14.9. The lowest BCUT2D eigenvalue weighted by Crippen LogP contribution is -2.18. The molecular weight excluding hydrogens is 359 g/mol.